The number of sulfonamides is 1. The van der Waals surface area contributed by atoms with Crippen molar-refractivity contribution < 1.29 is 8.42 Å². The molecule has 0 atom stereocenters. The first-order valence-corrected chi connectivity index (χ1v) is 10.1. The molecule has 1 aromatic rings. The first kappa shape index (κ1) is 15.5. The molecular formula is C15H24N2O2S2. The number of rotatable bonds is 8. The number of aryl methyl sites for hydroxylation is 1. The van der Waals surface area contributed by atoms with E-state index in [1.165, 1.54) is 25.7 Å². The molecule has 0 radical (unpaired) electrons. The summed E-state index contributed by atoms with van der Waals surface area (Å²) in [5.41, 5.74) is 0. The zero-order chi connectivity index (χ0) is 15.0. The quantitative estimate of drug-likeness (QED) is 0.771. The lowest BCUT2D eigenvalue weighted by Crippen LogP contribution is -2.38. The van der Waals surface area contributed by atoms with Gasteiger partial charge in [-0.05, 0) is 57.1 Å². The van der Waals surface area contributed by atoms with Crippen molar-refractivity contribution in [3.8, 4) is 0 Å². The Kier molecular flexibility index (Phi) is 4.41. The number of thiophene rings is 1. The van der Waals surface area contributed by atoms with Gasteiger partial charge in [-0.25, -0.2) is 13.1 Å². The summed E-state index contributed by atoms with van der Waals surface area (Å²) in [7, 11) is -3.37. The van der Waals surface area contributed by atoms with Gasteiger partial charge in [0.25, 0.3) is 0 Å². The molecule has 1 heterocycles. The van der Waals surface area contributed by atoms with Gasteiger partial charge in [-0.3, -0.25) is 0 Å². The number of nitrogens with one attached hydrogen (secondary N) is 2. The van der Waals surface area contributed by atoms with Crippen LogP contribution >= 0.6 is 11.3 Å². The van der Waals surface area contributed by atoms with Crippen LogP contribution in [0.1, 0.15) is 42.4 Å². The van der Waals surface area contributed by atoms with Crippen molar-refractivity contribution in [3.63, 3.8) is 0 Å². The number of hydrogen-bond acceptors (Lipinski definition) is 4. The predicted octanol–water partition coefficient (Wildman–Crippen LogP) is 2.63. The molecule has 1 aromatic heterocycles. The standard InChI is InChI=1S/C15H24N2O2S2/c1-3-16-9-13-8-14(10(2)20-13)21(18,19)17-15(11-4-5-11)12-6-7-12/h8,11-12,15-17H,3-7,9H2,1-2H3. The predicted molar refractivity (Wildman–Crippen MR) is 86.0 cm³/mol. The molecule has 0 unspecified atom stereocenters. The average molecular weight is 329 g/mol. The zero-order valence-electron chi connectivity index (χ0n) is 12.7. The molecule has 118 valence electrons. The van der Waals surface area contributed by atoms with E-state index < -0.39 is 10.0 Å². The Balaban J connectivity index is 1.75. The van der Waals surface area contributed by atoms with Crippen molar-refractivity contribution in [3.05, 3.63) is 15.8 Å². The van der Waals surface area contributed by atoms with E-state index in [4.69, 9.17) is 0 Å². The van der Waals surface area contributed by atoms with Gasteiger partial charge in [0.2, 0.25) is 10.0 Å². The fourth-order valence-corrected chi connectivity index (χ4v) is 5.84. The lowest BCUT2D eigenvalue weighted by Gasteiger charge is -2.17. The minimum Gasteiger partial charge on any atom is -0.312 e. The van der Waals surface area contributed by atoms with E-state index in [9.17, 15) is 8.42 Å². The maximum absolute atomic E-state index is 12.7. The van der Waals surface area contributed by atoms with Crippen molar-refractivity contribution in [1.82, 2.24) is 10.0 Å². The largest absolute Gasteiger partial charge is 0.312 e. The molecule has 0 aliphatic heterocycles. The minimum atomic E-state index is -3.37. The first-order chi connectivity index (χ1) is 10.0. The van der Waals surface area contributed by atoms with Crippen LogP contribution in [0.15, 0.2) is 11.0 Å². The highest BCUT2D eigenvalue weighted by Gasteiger charge is 2.43. The Morgan fingerprint density at radius 3 is 2.43 bits per heavy atom. The lowest BCUT2D eigenvalue weighted by atomic mass is 10.1. The van der Waals surface area contributed by atoms with Gasteiger partial charge in [-0.1, -0.05) is 6.92 Å². The Morgan fingerprint density at radius 1 is 1.29 bits per heavy atom. The van der Waals surface area contributed by atoms with Crippen molar-refractivity contribution in [2.45, 2.75) is 57.0 Å². The van der Waals surface area contributed by atoms with E-state index in [1.807, 2.05) is 13.0 Å². The third kappa shape index (κ3) is 3.67. The van der Waals surface area contributed by atoms with E-state index in [0.29, 0.717) is 16.7 Å². The Bertz CT molecular complexity index is 589. The second-order valence-corrected chi connectivity index (χ2v) is 9.26. The summed E-state index contributed by atoms with van der Waals surface area (Å²) < 4.78 is 28.4. The van der Waals surface area contributed by atoms with Crippen LogP contribution in [0.5, 0.6) is 0 Å². The van der Waals surface area contributed by atoms with E-state index in [0.717, 1.165) is 22.8 Å². The molecule has 2 aliphatic carbocycles. The van der Waals surface area contributed by atoms with E-state index in [1.54, 1.807) is 11.3 Å². The Morgan fingerprint density at radius 2 is 1.90 bits per heavy atom. The summed E-state index contributed by atoms with van der Waals surface area (Å²) >= 11 is 1.57. The maximum atomic E-state index is 12.7. The molecular weight excluding hydrogens is 304 g/mol. The summed E-state index contributed by atoms with van der Waals surface area (Å²) in [6.45, 7) is 5.59. The highest BCUT2D eigenvalue weighted by atomic mass is 32.2. The van der Waals surface area contributed by atoms with Gasteiger partial charge >= 0.3 is 0 Å². The highest BCUT2D eigenvalue weighted by Crippen LogP contribution is 2.45. The summed E-state index contributed by atoms with van der Waals surface area (Å²) in [6.07, 6.45) is 4.71. The van der Waals surface area contributed by atoms with Crippen LogP contribution in [0, 0.1) is 18.8 Å². The maximum Gasteiger partial charge on any atom is 0.241 e. The summed E-state index contributed by atoms with van der Waals surface area (Å²) in [5.74, 6) is 1.15. The SMILES string of the molecule is CCNCc1cc(S(=O)(=O)NC(C2CC2)C2CC2)c(C)s1. The minimum absolute atomic E-state index is 0.173. The van der Waals surface area contributed by atoms with Crippen LogP contribution in [0.2, 0.25) is 0 Å². The van der Waals surface area contributed by atoms with E-state index >= 15 is 0 Å². The molecule has 0 bridgehead atoms. The third-order valence-corrected chi connectivity index (χ3v) is 7.08. The zero-order valence-corrected chi connectivity index (χ0v) is 14.3. The Hall–Kier alpha value is -0.430. The molecule has 0 saturated heterocycles. The average Bonchev–Trinajstić information content (AvgIpc) is 3.32. The third-order valence-electron chi connectivity index (χ3n) is 4.31. The van der Waals surface area contributed by atoms with Crippen molar-refractivity contribution in [1.29, 1.82) is 0 Å². The normalized spacial score (nSPS) is 19.4. The van der Waals surface area contributed by atoms with Crippen LogP contribution < -0.4 is 10.0 Å². The van der Waals surface area contributed by atoms with Crippen LogP contribution in [0.4, 0.5) is 0 Å². The van der Waals surface area contributed by atoms with Crippen molar-refractivity contribution in [2.75, 3.05) is 6.54 Å². The smallest absolute Gasteiger partial charge is 0.241 e. The lowest BCUT2D eigenvalue weighted by molar-refractivity contribution is 0.471. The topological polar surface area (TPSA) is 58.2 Å². The monoisotopic (exact) mass is 328 g/mol. The molecule has 0 amide bonds. The molecule has 6 heteroatoms. The Labute approximate surface area is 131 Å². The highest BCUT2D eigenvalue weighted by molar-refractivity contribution is 7.89. The van der Waals surface area contributed by atoms with Gasteiger partial charge in [0.05, 0.1) is 4.90 Å². The number of hydrogen-bond donors (Lipinski definition) is 2. The van der Waals surface area contributed by atoms with Gasteiger partial charge in [0.1, 0.15) is 0 Å². The first-order valence-electron chi connectivity index (χ1n) is 7.83. The molecule has 2 N–H and O–H groups in total. The van der Waals surface area contributed by atoms with Gasteiger partial charge < -0.3 is 5.32 Å². The fraction of sp³-hybridized carbons (Fsp3) is 0.733. The van der Waals surface area contributed by atoms with Gasteiger partial charge in [-0.2, -0.15) is 0 Å². The summed E-state index contributed by atoms with van der Waals surface area (Å²) in [5, 5.41) is 3.25. The molecule has 2 aliphatic rings. The van der Waals surface area contributed by atoms with Crippen LogP contribution in [0.3, 0.4) is 0 Å². The van der Waals surface area contributed by atoms with Gasteiger partial charge in [0.15, 0.2) is 0 Å². The van der Waals surface area contributed by atoms with Crippen molar-refractivity contribution in [2.24, 2.45) is 11.8 Å². The van der Waals surface area contributed by atoms with Crippen LogP contribution in [-0.4, -0.2) is 21.0 Å². The molecule has 21 heavy (non-hydrogen) atoms. The second kappa shape index (κ2) is 5.99. The molecule has 0 spiro atoms. The van der Waals surface area contributed by atoms with Gasteiger partial charge in [0, 0.05) is 22.3 Å². The molecule has 0 aromatic carbocycles. The van der Waals surface area contributed by atoms with Crippen LogP contribution in [0.25, 0.3) is 0 Å². The molecule has 2 saturated carbocycles. The van der Waals surface area contributed by atoms with Crippen molar-refractivity contribution >= 4 is 21.4 Å². The molecule has 3 rings (SSSR count). The summed E-state index contributed by atoms with van der Waals surface area (Å²) in [6, 6.07) is 2.01. The second-order valence-electron chi connectivity index (χ2n) is 6.24. The van der Waals surface area contributed by atoms with E-state index in [2.05, 4.69) is 17.0 Å². The van der Waals surface area contributed by atoms with E-state index in [-0.39, 0.29) is 6.04 Å². The fourth-order valence-electron chi connectivity index (χ4n) is 2.86. The van der Waals surface area contributed by atoms with Gasteiger partial charge in [-0.15, -0.1) is 11.3 Å². The summed E-state index contributed by atoms with van der Waals surface area (Å²) in [4.78, 5) is 2.46. The molecule has 4 nitrogen and oxygen atoms in total. The molecule has 2 fully saturated rings. The van der Waals surface area contributed by atoms with Crippen LogP contribution in [-0.2, 0) is 16.6 Å².